The molecule has 130 valence electrons. The quantitative estimate of drug-likeness (QED) is 0.606. The molecule has 6 heteroatoms. The number of imidazole rings is 1. The average molecular weight is 363 g/mol. The number of rotatable bonds is 3. The highest BCUT2D eigenvalue weighted by Gasteiger charge is 2.14. The molecule has 0 aliphatic rings. The molecule has 0 saturated heterocycles. The zero-order valence-corrected chi connectivity index (χ0v) is 15.3. The fraction of sp³-hybridized carbons (Fsp3) is 0.150. The minimum absolute atomic E-state index is 0.241. The molecule has 26 heavy (non-hydrogen) atoms. The van der Waals surface area contributed by atoms with E-state index in [1.54, 1.807) is 4.40 Å². The Bertz CT molecular complexity index is 1190. The minimum Gasteiger partial charge on any atom is -0.347 e. The molecule has 1 N–H and O–H groups in total. The van der Waals surface area contributed by atoms with E-state index in [1.807, 2.05) is 56.3 Å². The normalized spacial score (nSPS) is 11.2. The number of hydrogen-bond donors (Lipinski definition) is 1. The van der Waals surface area contributed by atoms with Crippen molar-refractivity contribution in [1.82, 2.24) is 14.7 Å². The topological polar surface area (TPSA) is 63.5 Å². The van der Waals surface area contributed by atoms with Gasteiger partial charge < -0.3 is 5.32 Å². The predicted octanol–water partition coefficient (Wildman–Crippen LogP) is 3.46. The molecule has 2 aromatic heterocycles. The molecule has 0 radical (unpaired) electrons. The van der Waals surface area contributed by atoms with Crippen molar-refractivity contribution in [2.45, 2.75) is 20.4 Å². The van der Waals surface area contributed by atoms with E-state index >= 15 is 0 Å². The maximum atomic E-state index is 12.6. The summed E-state index contributed by atoms with van der Waals surface area (Å²) in [6, 6.07) is 15.0. The van der Waals surface area contributed by atoms with E-state index < -0.39 is 0 Å². The number of nitrogens with zero attached hydrogens (tertiary/aromatic N) is 2. The van der Waals surface area contributed by atoms with Gasteiger partial charge in [-0.2, -0.15) is 0 Å². The largest absolute Gasteiger partial charge is 0.347 e. The van der Waals surface area contributed by atoms with E-state index in [-0.39, 0.29) is 11.5 Å². The van der Waals surface area contributed by atoms with Crippen molar-refractivity contribution in [2.75, 3.05) is 0 Å². The monoisotopic (exact) mass is 363 g/mol. The van der Waals surface area contributed by atoms with Crippen LogP contribution in [0.1, 0.15) is 26.4 Å². The Morgan fingerprint density at radius 2 is 1.85 bits per heavy atom. The lowest BCUT2D eigenvalue weighted by molar-refractivity contribution is 0.0954. The summed E-state index contributed by atoms with van der Waals surface area (Å²) in [7, 11) is 0. The van der Waals surface area contributed by atoms with Gasteiger partial charge in [0.2, 0.25) is 0 Å². The van der Waals surface area contributed by atoms with Gasteiger partial charge in [-0.1, -0.05) is 41.7 Å². The van der Waals surface area contributed by atoms with E-state index in [0.29, 0.717) is 16.4 Å². The SMILES string of the molecule is Cc1cc2nc3sc(C(=O)NCc4ccccc4)cc(=O)n3c2cc1C. The van der Waals surface area contributed by atoms with Crippen LogP contribution in [-0.2, 0) is 6.54 Å². The van der Waals surface area contributed by atoms with Gasteiger partial charge in [0.25, 0.3) is 11.5 Å². The maximum Gasteiger partial charge on any atom is 0.261 e. The molecular formula is C20H17N3O2S. The van der Waals surface area contributed by atoms with Crippen LogP contribution in [0.3, 0.4) is 0 Å². The van der Waals surface area contributed by atoms with Crippen molar-refractivity contribution in [3.63, 3.8) is 0 Å². The molecule has 0 atom stereocenters. The fourth-order valence-electron chi connectivity index (χ4n) is 2.87. The predicted molar refractivity (Wildman–Crippen MR) is 104 cm³/mol. The van der Waals surface area contributed by atoms with Crippen LogP contribution >= 0.6 is 11.3 Å². The fourth-order valence-corrected chi connectivity index (χ4v) is 3.82. The van der Waals surface area contributed by atoms with Crippen molar-refractivity contribution in [3.8, 4) is 0 Å². The Hall–Kier alpha value is -2.99. The molecule has 5 nitrogen and oxygen atoms in total. The molecule has 0 saturated carbocycles. The van der Waals surface area contributed by atoms with Crippen LogP contribution in [0.2, 0.25) is 0 Å². The lowest BCUT2D eigenvalue weighted by Gasteiger charge is -2.05. The van der Waals surface area contributed by atoms with Gasteiger partial charge in [-0.05, 0) is 42.7 Å². The van der Waals surface area contributed by atoms with Gasteiger partial charge in [-0.15, -0.1) is 0 Å². The van der Waals surface area contributed by atoms with Gasteiger partial charge in [0.05, 0.1) is 11.0 Å². The van der Waals surface area contributed by atoms with Crippen LogP contribution < -0.4 is 10.9 Å². The van der Waals surface area contributed by atoms with Gasteiger partial charge in [-0.25, -0.2) is 4.98 Å². The first-order valence-electron chi connectivity index (χ1n) is 8.28. The van der Waals surface area contributed by atoms with Crippen molar-refractivity contribution in [2.24, 2.45) is 0 Å². The summed E-state index contributed by atoms with van der Waals surface area (Å²) in [5.41, 5.74) is 4.54. The standard InChI is InChI=1S/C20H17N3O2S/c1-12-8-15-16(9-13(12)2)23-18(24)10-17(26-20(23)22-15)19(25)21-11-14-6-4-3-5-7-14/h3-10H,11H2,1-2H3,(H,21,25). The average Bonchev–Trinajstić information content (AvgIpc) is 2.98. The van der Waals surface area contributed by atoms with Gasteiger partial charge in [0.1, 0.15) is 4.88 Å². The molecule has 2 aromatic carbocycles. The summed E-state index contributed by atoms with van der Waals surface area (Å²) >= 11 is 1.22. The Balaban J connectivity index is 1.71. The Labute approximate surface area is 153 Å². The Morgan fingerprint density at radius 3 is 2.62 bits per heavy atom. The highest BCUT2D eigenvalue weighted by atomic mass is 32.1. The number of benzene rings is 2. The molecule has 4 aromatic rings. The lowest BCUT2D eigenvalue weighted by Crippen LogP contribution is -2.24. The number of carbonyl (C=O) groups is 1. The van der Waals surface area contributed by atoms with Crippen LogP contribution in [-0.4, -0.2) is 15.3 Å². The summed E-state index contributed by atoms with van der Waals surface area (Å²) in [6.07, 6.45) is 0. The summed E-state index contributed by atoms with van der Waals surface area (Å²) in [6.45, 7) is 4.44. The molecule has 0 bridgehead atoms. The molecule has 0 spiro atoms. The summed E-state index contributed by atoms with van der Waals surface area (Å²) in [4.78, 5) is 30.5. The minimum atomic E-state index is -0.266. The molecule has 4 rings (SSSR count). The second-order valence-corrected chi connectivity index (χ2v) is 7.28. The van der Waals surface area contributed by atoms with Gasteiger partial charge >= 0.3 is 0 Å². The summed E-state index contributed by atoms with van der Waals surface area (Å²) in [5, 5.41) is 2.85. The number of carbonyl (C=O) groups excluding carboxylic acids is 1. The molecular weight excluding hydrogens is 346 g/mol. The number of hydrogen-bond acceptors (Lipinski definition) is 4. The lowest BCUT2D eigenvalue weighted by atomic mass is 10.1. The Kier molecular flexibility index (Phi) is 4.05. The third-order valence-corrected chi connectivity index (χ3v) is 5.41. The van der Waals surface area contributed by atoms with Crippen LogP contribution in [0.4, 0.5) is 0 Å². The van der Waals surface area contributed by atoms with Crippen molar-refractivity contribution in [3.05, 3.63) is 80.5 Å². The van der Waals surface area contributed by atoms with E-state index in [4.69, 9.17) is 0 Å². The smallest absolute Gasteiger partial charge is 0.261 e. The van der Waals surface area contributed by atoms with Gasteiger partial charge in [0.15, 0.2) is 4.96 Å². The number of aromatic nitrogens is 2. The maximum absolute atomic E-state index is 12.6. The molecule has 2 heterocycles. The zero-order chi connectivity index (χ0) is 18.3. The number of aryl methyl sites for hydroxylation is 2. The van der Waals surface area contributed by atoms with Crippen LogP contribution in [0.25, 0.3) is 16.0 Å². The third kappa shape index (κ3) is 2.88. The van der Waals surface area contributed by atoms with E-state index in [0.717, 1.165) is 27.7 Å². The first-order chi connectivity index (χ1) is 12.5. The second kappa shape index (κ2) is 6.38. The number of nitrogens with one attached hydrogen (secondary N) is 1. The van der Waals surface area contributed by atoms with Crippen LogP contribution in [0, 0.1) is 13.8 Å². The molecule has 0 aliphatic heterocycles. The molecule has 0 unspecified atom stereocenters. The number of amides is 1. The highest BCUT2D eigenvalue weighted by molar-refractivity contribution is 7.18. The first-order valence-corrected chi connectivity index (χ1v) is 9.10. The first kappa shape index (κ1) is 16.5. The van der Waals surface area contributed by atoms with E-state index in [9.17, 15) is 9.59 Å². The summed E-state index contributed by atoms with van der Waals surface area (Å²) in [5.74, 6) is -0.266. The van der Waals surface area contributed by atoms with Gasteiger partial charge in [-0.3, -0.25) is 14.0 Å². The molecule has 0 fully saturated rings. The van der Waals surface area contributed by atoms with Crippen LogP contribution in [0.5, 0.6) is 0 Å². The van der Waals surface area contributed by atoms with Crippen molar-refractivity contribution >= 4 is 33.2 Å². The Morgan fingerprint density at radius 1 is 1.12 bits per heavy atom. The molecule has 0 aliphatic carbocycles. The van der Waals surface area contributed by atoms with Crippen LogP contribution in [0.15, 0.2) is 53.3 Å². The van der Waals surface area contributed by atoms with Crippen molar-refractivity contribution in [1.29, 1.82) is 0 Å². The highest BCUT2D eigenvalue weighted by Crippen LogP contribution is 2.22. The van der Waals surface area contributed by atoms with E-state index in [2.05, 4.69) is 10.3 Å². The van der Waals surface area contributed by atoms with E-state index in [1.165, 1.54) is 17.4 Å². The third-order valence-electron chi connectivity index (χ3n) is 4.44. The van der Waals surface area contributed by atoms with Gasteiger partial charge in [0, 0.05) is 12.6 Å². The second-order valence-electron chi connectivity index (χ2n) is 6.27. The summed E-state index contributed by atoms with van der Waals surface area (Å²) < 4.78 is 1.57. The number of fused-ring (bicyclic) bond motifs is 3. The van der Waals surface area contributed by atoms with Crippen molar-refractivity contribution < 1.29 is 4.79 Å². The molecule has 1 amide bonds. The zero-order valence-electron chi connectivity index (χ0n) is 14.4.